The number of fused-ring (bicyclic) bond motifs is 2. The van der Waals surface area contributed by atoms with Gasteiger partial charge in [0.2, 0.25) is 11.8 Å². The second kappa shape index (κ2) is 12.8. The third-order valence-electron chi connectivity index (χ3n) is 9.26. The summed E-state index contributed by atoms with van der Waals surface area (Å²) in [5.74, 6) is 2.34. The molecule has 2 aromatic carbocycles. The largest absolute Gasteiger partial charge is 0.353 e. The predicted molar refractivity (Wildman–Crippen MR) is 174 cm³/mol. The molecule has 7 rings (SSSR count). The minimum absolute atomic E-state index is 0.194. The average molecular weight is 593 g/mol. The van der Waals surface area contributed by atoms with Gasteiger partial charge in [-0.3, -0.25) is 19.4 Å². The lowest BCUT2D eigenvalue weighted by Crippen LogP contribution is -2.56. The van der Waals surface area contributed by atoms with Crippen molar-refractivity contribution in [2.75, 3.05) is 101 Å². The van der Waals surface area contributed by atoms with Crippen LogP contribution in [0, 0.1) is 0 Å². The van der Waals surface area contributed by atoms with Crippen molar-refractivity contribution < 1.29 is 9.59 Å². The van der Waals surface area contributed by atoms with E-state index < -0.39 is 0 Å². The molecule has 0 saturated carbocycles. The second-order valence-corrected chi connectivity index (χ2v) is 12.0. The number of benzene rings is 2. The number of carbonyl (C=O) groups excluding carboxylic acids is 2. The van der Waals surface area contributed by atoms with E-state index in [2.05, 4.69) is 56.0 Å². The number of anilines is 2. The van der Waals surface area contributed by atoms with Gasteiger partial charge in [0.05, 0.1) is 24.1 Å². The zero-order chi connectivity index (χ0) is 29.9. The van der Waals surface area contributed by atoms with Gasteiger partial charge >= 0.3 is 0 Å². The monoisotopic (exact) mass is 592 g/mol. The summed E-state index contributed by atoms with van der Waals surface area (Å²) in [6.07, 6.45) is 0. The fraction of sp³-hybridized carbons (Fsp3) is 0.412. The molecule has 2 amide bonds. The Morgan fingerprint density at radius 1 is 0.477 bits per heavy atom. The normalized spacial score (nSPS) is 18.7. The van der Waals surface area contributed by atoms with Crippen molar-refractivity contribution >= 4 is 45.3 Å². The van der Waals surface area contributed by atoms with Crippen molar-refractivity contribution in [1.82, 2.24) is 29.6 Å². The molecule has 0 spiro atoms. The fourth-order valence-corrected chi connectivity index (χ4v) is 6.52. The van der Waals surface area contributed by atoms with Crippen molar-refractivity contribution in [3.05, 3.63) is 72.8 Å². The molecule has 0 atom stereocenters. The number of rotatable bonds is 6. The lowest BCUT2D eigenvalue weighted by atomic mass is 10.2. The molecule has 2 aromatic heterocycles. The predicted octanol–water partition coefficient (Wildman–Crippen LogP) is 2.40. The topological polar surface area (TPSA) is 79.4 Å². The van der Waals surface area contributed by atoms with Crippen LogP contribution in [0.3, 0.4) is 0 Å². The van der Waals surface area contributed by atoms with Crippen LogP contribution in [0.5, 0.6) is 0 Å². The van der Waals surface area contributed by atoms with Gasteiger partial charge in [0, 0.05) is 89.3 Å². The van der Waals surface area contributed by atoms with Crippen LogP contribution < -0.4 is 9.80 Å². The Bertz CT molecular complexity index is 1500. The average Bonchev–Trinajstić information content (AvgIpc) is 3.09. The Hall–Kier alpha value is -4.28. The van der Waals surface area contributed by atoms with Crippen LogP contribution in [-0.4, -0.2) is 133 Å². The molecule has 0 aliphatic carbocycles. The highest BCUT2D eigenvalue weighted by Crippen LogP contribution is 2.21. The number of aromatic nitrogens is 2. The Morgan fingerprint density at radius 3 is 1.27 bits per heavy atom. The third kappa shape index (κ3) is 6.32. The van der Waals surface area contributed by atoms with Gasteiger partial charge in [0.1, 0.15) is 11.6 Å². The van der Waals surface area contributed by atoms with Gasteiger partial charge < -0.3 is 19.6 Å². The lowest BCUT2D eigenvalue weighted by Gasteiger charge is -2.39. The lowest BCUT2D eigenvalue weighted by molar-refractivity contribution is -0.135. The first-order valence-electron chi connectivity index (χ1n) is 15.8. The van der Waals surface area contributed by atoms with Gasteiger partial charge in [-0.1, -0.05) is 36.4 Å². The van der Waals surface area contributed by atoms with E-state index >= 15 is 0 Å². The number of amides is 2. The van der Waals surface area contributed by atoms with Crippen LogP contribution in [0.25, 0.3) is 21.8 Å². The minimum Gasteiger partial charge on any atom is -0.353 e. The SMILES string of the molecule is O=C(CN1CCN(CC(=O)N2CCN(c3ccc4ccccc4n3)CC2)CC1)N1CCN(c2ccc3ccccc3n2)CC1. The molecule has 0 bridgehead atoms. The second-order valence-electron chi connectivity index (χ2n) is 12.0. The first-order valence-corrected chi connectivity index (χ1v) is 15.8. The molecule has 3 saturated heterocycles. The maximum atomic E-state index is 13.1. The van der Waals surface area contributed by atoms with Crippen molar-refractivity contribution in [2.45, 2.75) is 0 Å². The number of para-hydroxylation sites is 2. The standard InChI is InChI=1S/C34H40N8O2/c43-33(41-21-17-39(18-22-41)31-11-9-27-5-1-3-7-29(27)35-31)25-37-13-15-38(16-14-37)26-34(44)42-23-19-40(20-24-42)32-12-10-28-6-2-4-8-30(28)36-32/h1-12H,13-26H2. The van der Waals surface area contributed by atoms with Crippen molar-refractivity contribution in [3.63, 3.8) is 0 Å². The van der Waals surface area contributed by atoms with E-state index in [0.29, 0.717) is 39.3 Å². The van der Waals surface area contributed by atoms with Crippen molar-refractivity contribution in [3.8, 4) is 0 Å². The summed E-state index contributed by atoms with van der Waals surface area (Å²) >= 11 is 0. The summed E-state index contributed by atoms with van der Waals surface area (Å²) in [6.45, 7) is 10.1. The highest BCUT2D eigenvalue weighted by Gasteiger charge is 2.28. The van der Waals surface area contributed by atoms with Crippen LogP contribution >= 0.6 is 0 Å². The van der Waals surface area contributed by atoms with E-state index in [4.69, 9.17) is 9.97 Å². The van der Waals surface area contributed by atoms with Gasteiger partial charge in [-0.15, -0.1) is 0 Å². The molecule has 10 nitrogen and oxygen atoms in total. The zero-order valence-electron chi connectivity index (χ0n) is 25.2. The number of hydrogen-bond donors (Lipinski definition) is 0. The number of piperazine rings is 3. The molecule has 0 unspecified atom stereocenters. The maximum Gasteiger partial charge on any atom is 0.236 e. The van der Waals surface area contributed by atoms with Gasteiger partial charge in [0.25, 0.3) is 0 Å². The van der Waals surface area contributed by atoms with Crippen molar-refractivity contribution in [1.29, 1.82) is 0 Å². The minimum atomic E-state index is 0.194. The molecule has 3 aliphatic heterocycles. The van der Waals surface area contributed by atoms with Crippen LogP contribution in [0.2, 0.25) is 0 Å². The highest BCUT2D eigenvalue weighted by atomic mass is 16.2. The van der Waals surface area contributed by atoms with Gasteiger partial charge in [-0.05, 0) is 36.4 Å². The summed E-state index contributed by atoms with van der Waals surface area (Å²) in [6, 6.07) is 24.7. The Morgan fingerprint density at radius 2 is 0.864 bits per heavy atom. The Balaban J connectivity index is 0.821. The van der Waals surface area contributed by atoms with Crippen LogP contribution in [0.1, 0.15) is 0 Å². The third-order valence-corrected chi connectivity index (χ3v) is 9.26. The Labute approximate surface area is 258 Å². The number of nitrogens with zero attached hydrogens (tertiary/aromatic N) is 8. The highest BCUT2D eigenvalue weighted by molar-refractivity contribution is 5.82. The molecule has 0 radical (unpaired) electrons. The molecule has 0 N–H and O–H groups in total. The Kier molecular flexibility index (Phi) is 8.26. The van der Waals surface area contributed by atoms with Gasteiger partial charge in [-0.2, -0.15) is 0 Å². The maximum absolute atomic E-state index is 13.1. The fourth-order valence-electron chi connectivity index (χ4n) is 6.52. The summed E-state index contributed by atoms with van der Waals surface area (Å²) in [5.41, 5.74) is 2.00. The van der Waals surface area contributed by atoms with E-state index in [0.717, 1.165) is 85.8 Å². The number of hydrogen-bond acceptors (Lipinski definition) is 8. The van der Waals surface area contributed by atoms with E-state index in [-0.39, 0.29) is 11.8 Å². The molecule has 228 valence electrons. The summed E-state index contributed by atoms with van der Waals surface area (Å²) in [7, 11) is 0. The van der Waals surface area contributed by atoms with Gasteiger partial charge in [0.15, 0.2) is 0 Å². The molecular formula is C34H40N8O2. The summed E-state index contributed by atoms with van der Waals surface area (Å²) < 4.78 is 0. The summed E-state index contributed by atoms with van der Waals surface area (Å²) in [5, 5.41) is 2.28. The molecule has 3 aliphatic rings. The quantitative estimate of drug-likeness (QED) is 0.338. The van der Waals surface area contributed by atoms with Crippen LogP contribution in [0.4, 0.5) is 11.6 Å². The number of carbonyl (C=O) groups is 2. The zero-order valence-corrected chi connectivity index (χ0v) is 25.2. The molecule has 3 fully saturated rings. The first-order chi connectivity index (χ1) is 21.6. The first kappa shape index (κ1) is 28.5. The van der Waals surface area contributed by atoms with E-state index in [1.807, 2.05) is 46.2 Å². The molecule has 5 heterocycles. The van der Waals surface area contributed by atoms with E-state index in [9.17, 15) is 9.59 Å². The molecular weight excluding hydrogens is 552 g/mol. The molecule has 4 aromatic rings. The van der Waals surface area contributed by atoms with Crippen LogP contribution in [0.15, 0.2) is 72.8 Å². The molecule has 10 heteroatoms. The van der Waals surface area contributed by atoms with Crippen molar-refractivity contribution in [2.24, 2.45) is 0 Å². The summed E-state index contributed by atoms with van der Waals surface area (Å²) in [4.78, 5) is 48.8. The smallest absolute Gasteiger partial charge is 0.236 e. The van der Waals surface area contributed by atoms with E-state index in [1.165, 1.54) is 0 Å². The number of pyridine rings is 2. The van der Waals surface area contributed by atoms with E-state index in [1.54, 1.807) is 0 Å². The van der Waals surface area contributed by atoms with Gasteiger partial charge in [-0.25, -0.2) is 9.97 Å². The van der Waals surface area contributed by atoms with Crippen LogP contribution in [-0.2, 0) is 9.59 Å². The molecule has 44 heavy (non-hydrogen) atoms.